The van der Waals surface area contributed by atoms with Crippen LogP contribution in [0.15, 0.2) is 70.8 Å². The number of aromatic nitrogens is 2. The van der Waals surface area contributed by atoms with Crippen LogP contribution in [0.5, 0.6) is 0 Å². The molecule has 1 aliphatic heterocycles. The summed E-state index contributed by atoms with van der Waals surface area (Å²) in [7, 11) is 0. The highest BCUT2D eigenvalue weighted by molar-refractivity contribution is 7.99. The van der Waals surface area contributed by atoms with E-state index in [1.54, 1.807) is 11.8 Å². The van der Waals surface area contributed by atoms with Crippen LogP contribution in [0, 0.1) is 12.8 Å². The second kappa shape index (κ2) is 8.20. The number of nitrogens with two attached hydrogens (primary N) is 1. The highest BCUT2D eigenvalue weighted by Gasteiger charge is 2.27. The summed E-state index contributed by atoms with van der Waals surface area (Å²) in [5.41, 5.74) is 8.66. The van der Waals surface area contributed by atoms with Crippen LogP contribution in [0.4, 0.5) is 0 Å². The van der Waals surface area contributed by atoms with Gasteiger partial charge in [-0.1, -0.05) is 23.9 Å². The molecular formula is C22H23N3O2S. The Kier molecular flexibility index (Phi) is 5.50. The summed E-state index contributed by atoms with van der Waals surface area (Å²) in [6, 6.07) is 16.8. The maximum Gasteiger partial charge on any atom is 0.220 e. The van der Waals surface area contributed by atoms with Crippen molar-refractivity contribution < 1.29 is 9.53 Å². The topological polar surface area (TPSA) is 70.1 Å². The lowest BCUT2D eigenvalue weighted by Gasteiger charge is -2.28. The van der Waals surface area contributed by atoms with Gasteiger partial charge in [0.25, 0.3) is 0 Å². The van der Waals surface area contributed by atoms with Gasteiger partial charge < -0.3 is 15.0 Å². The minimum absolute atomic E-state index is 0.0526. The lowest BCUT2D eigenvalue weighted by molar-refractivity contribution is -0.126. The summed E-state index contributed by atoms with van der Waals surface area (Å²) in [5.74, 6) is -0.319. The number of ether oxygens (including phenoxy) is 1. The van der Waals surface area contributed by atoms with E-state index < -0.39 is 0 Å². The molecule has 1 aliphatic rings. The zero-order valence-corrected chi connectivity index (χ0v) is 16.6. The number of nitrogens with zero attached hydrogens (tertiary/aromatic N) is 2. The smallest absolute Gasteiger partial charge is 0.220 e. The quantitative estimate of drug-likeness (QED) is 0.702. The fourth-order valence-corrected chi connectivity index (χ4v) is 4.24. The van der Waals surface area contributed by atoms with Gasteiger partial charge in [0.1, 0.15) is 0 Å². The minimum atomic E-state index is -0.227. The normalized spacial score (nSPS) is 19.5. The fraction of sp³-hybridized carbons (Fsp3) is 0.273. The number of imidazole rings is 1. The predicted octanol–water partition coefficient (Wildman–Crippen LogP) is 4.28. The number of carbonyl (C=O) groups is 1. The van der Waals surface area contributed by atoms with Crippen molar-refractivity contribution >= 4 is 17.7 Å². The van der Waals surface area contributed by atoms with Crippen molar-refractivity contribution in [2.24, 2.45) is 11.7 Å². The van der Waals surface area contributed by atoms with Crippen LogP contribution >= 0.6 is 11.8 Å². The first-order chi connectivity index (χ1) is 13.6. The van der Waals surface area contributed by atoms with Crippen molar-refractivity contribution in [1.82, 2.24) is 9.55 Å². The van der Waals surface area contributed by atoms with Crippen molar-refractivity contribution in [3.8, 4) is 5.69 Å². The summed E-state index contributed by atoms with van der Waals surface area (Å²) < 4.78 is 7.85. The number of hydrogen-bond acceptors (Lipinski definition) is 4. The first-order valence-corrected chi connectivity index (χ1v) is 10.2. The zero-order valence-electron chi connectivity index (χ0n) is 15.7. The van der Waals surface area contributed by atoms with Gasteiger partial charge in [0.15, 0.2) is 0 Å². The fourth-order valence-electron chi connectivity index (χ4n) is 3.42. The van der Waals surface area contributed by atoms with E-state index in [9.17, 15) is 4.79 Å². The number of rotatable bonds is 5. The van der Waals surface area contributed by atoms with E-state index in [2.05, 4.69) is 53.5 Å². The third kappa shape index (κ3) is 4.29. The summed E-state index contributed by atoms with van der Waals surface area (Å²) >= 11 is 1.72. The number of amides is 1. The number of primary amides is 1. The van der Waals surface area contributed by atoms with Crippen LogP contribution in [-0.2, 0) is 9.53 Å². The second-order valence-corrected chi connectivity index (χ2v) is 8.22. The Bertz CT molecular complexity index is 951. The van der Waals surface area contributed by atoms with Gasteiger partial charge in [-0.2, -0.15) is 0 Å². The van der Waals surface area contributed by atoms with Crippen LogP contribution in [0.25, 0.3) is 5.69 Å². The van der Waals surface area contributed by atoms with E-state index in [1.807, 2.05) is 24.0 Å². The predicted molar refractivity (Wildman–Crippen MR) is 109 cm³/mol. The molecule has 1 saturated heterocycles. The van der Waals surface area contributed by atoms with Crippen LogP contribution in [0.2, 0.25) is 0 Å². The molecular weight excluding hydrogens is 370 g/mol. The van der Waals surface area contributed by atoms with E-state index in [0.717, 1.165) is 21.8 Å². The SMILES string of the molecule is Cc1cn(-c2ccc(Sc3ccc(C4CC(C(N)=O)CCO4)cc3)cc2)cn1. The molecule has 0 saturated carbocycles. The van der Waals surface area contributed by atoms with Crippen molar-refractivity contribution in [2.45, 2.75) is 35.7 Å². The first kappa shape index (κ1) is 18.8. The Balaban J connectivity index is 1.41. The summed E-state index contributed by atoms with van der Waals surface area (Å²) in [6.45, 7) is 2.56. The Morgan fingerprint density at radius 1 is 1.14 bits per heavy atom. The van der Waals surface area contributed by atoms with Crippen LogP contribution in [0.3, 0.4) is 0 Å². The van der Waals surface area contributed by atoms with Gasteiger partial charge in [-0.25, -0.2) is 4.98 Å². The van der Waals surface area contributed by atoms with E-state index in [4.69, 9.17) is 10.5 Å². The summed E-state index contributed by atoms with van der Waals surface area (Å²) in [4.78, 5) is 18.1. The lowest BCUT2D eigenvalue weighted by Crippen LogP contribution is -2.30. The molecule has 6 heteroatoms. The molecule has 0 bridgehead atoms. The first-order valence-electron chi connectivity index (χ1n) is 9.38. The second-order valence-electron chi connectivity index (χ2n) is 7.07. The standard InChI is InChI=1S/C22H23N3O2S/c1-15-13-25(14-24-15)18-4-8-20(9-5-18)28-19-6-2-16(3-7-19)21-12-17(22(23)26)10-11-27-21/h2-9,13-14,17,21H,10-12H2,1H3,(H2,23,26). The van der Waals surface area contributed by atoms with E-state index in [0.29, 0.717) is 19.4 Å². The zero-order chi connectivity index (χ0) is 19.5. The molecule has 0 spiro atoms. The molecule has 3 aromatic rings. The molecule has 1 fully saturated rings. The molecule has 144 valence electrons. The lowest BCUT2D eigenvalue weighted by atomic mass is 9.91. The van der Waals surface area contributed by atoms with Crippen LogP contribution < -0.4 is 5.73 Å². The molecule has 1 aromatic heterocycles. The molecule has 5 nitrogen and oxygen atoms in total. The van der Waals surface area contributed by atoms with Crippen molar-refractivity contribution in [3.05, 3.63) is 72.3 Å². The molecule has 2 heterocycles. The molecule has 4 rings (SSSR count). The van der Waals surface area contributed by atoms with Gasteiger partial charge in [0, 0.05) is 34.2 Å². The Morgan fingerprint density at radius 2 is 1.82 bits per heavy atom. The van der Waals surface area contributed by atoms with Crippen LogP contribution in [-0.4, -0.2) is 22.1 Å². The minimum Gasteiger partial charge on any atom is -0.373 e. The molecule has 2 aromatic carbocycles. The third-order valence-electron chi connectivity index (χ3n) is 5.02. The van der Waals surface area contributed by atoms with Gasteiger partial charge in [-0.3, -0.25) is 4.79 Å². The Labute approximate surface area is 168 Å². The largest absolute Gasteiger partial charge is 0.373 e. The average molecular weight is 394 g/mol. The van der Waals surface area contributed by atoms with Gasteiger partial charge in [-0.05, 0) is 61.7 Å². The number of carbonyl (C=O) groups excluding carboxylic acids is 1. The van der Waals surface area contributed by atoms with E-state index in [-0.39, 0.29) is 17.9 Å². The Morgan fingerprint density at radius 3 is 2.43 bits per heavy atom. The van der Waals surface area contributed by atoms with Gasteiger partial charge in [0.05, 0.1) is 18.1 Å². The molecule has 28 heavy (non-hydrogen) atoms. The van der Waals surface area contributed by atoms with Crippen molar-refractivity contribution in [2.75, 3.05) is 6.61 Å². The maximum absolute atomic E-state index is 11.5. The Hall–Kier alpha value is -2.57. The van der Waals surface area contributed by atoms with Gasteiger partial charge in [-0.15, -0.1) is 0 Å². The average Bonchev–Trinajstić information content (AvgIpc) is 3.15. The number of aryl methyl sites for hydroxylation is 1. The summed E-state index contributed by atoms with van der Waals surface area (Å²) in [5, 5.41) is 0. The van der Waals surface area contributed by atoms with Gasteiger partial charge in [0.2, 0.25) is 5.91 Å². The van der Waals surface area contributed by atoms with E-state index in [1.165, 1.54) is 4.90 Å². The third-order valence-corrected chi connectivity index (χ3v) is 6.04. The number of hydrogen-bond donors (Lipinski definition) is 1. The highest BCUT2D eigenvalue weighted by atomic mass is 32.2. The molecule has 2 N–H and O–H groups in total. The summed E-state index contributed by atoms with van der Waals surface area (Å²) in [6.07, 6.45) is 5.16. The maximum atomic E-state index is 11.5. The van der Waals surface area contributed by atoms with Crippen molar-refractivity contribution in [3.63, 3.8) is 0 Å². The molecule has 1 amide bonds. The molecule has 0 radical (unpaired) electrons. The monoisotopic (exact) mass is 393 g/mol. The van der Waals surface area contributed by atoms with E-state index >= 15 is 0 Å². The van der Waals surface area contributed by atoms with Crippen molar-refractivity contribution in [1.29, 1.82) is 0 Å². The highest BCUT2D eigenvalue weighted by Crippen LogP contribution is 2.34. The number of benzene rings is 2. The molecule has 2 atom stereocenters. The van der Waals surface area contributed by atoms with Gasteiger partial charge >= 0.3 is 0 Å². The van der Waals surface area contributed by atoms with Crippen LogP contribution in [0.1, 0.15) is 30.2 Å². The molecule has 2 unspecified atom stereocenters. The molecule has 0 aliphatic carbocycles.